The zero-order chi connectivity index (χ0) is 16.3. The predicted molar refractivity (Wildman–Crippen MR) is 96.7 cm³/mol. The molecule has 0 bridgehead atoms. The molecule has 2 aromatic rings. The second kappa shape index (κ2) is 7.29. The zero-order valence-electron chi connectivity index (χ0n) is 12.6. The van der Waals surface area contributed by atoms with Crippen LogP contribution in [0.25, 0.3) is 0 Å². The number of aryl methyl sites for hydroxylation is 1. The van der Waals surface area contributed by atoms with Crippen LogP contribution < -0.4 is 10.1 Å². The Hall–Kier alpha value is -1.33. The molecule has 0 radical (unpaired) electrons. The van der Waals surface area contributed by atoms with Crippen molar-refractivity contribution in [3.8, 4) is 5.75 Å². The van der Waals surface area contributed by atoms with Gasteiger partial charge < -0.3 is 10.1 Å². The summed E-state index contributed by atoms with van der Waals surface area (Å²) >= 11 is 6.90. The number of carbonyl (C=O) groups is 1. The lowest BCUT2D eigenvalue weighted by atomic mass is 10.2. The zero-order valence-corrected chi connectivity index (χ0v) is 15.8. The van der Waals surface area contributed by atoms with Crippen LogP contribution in [0.2, 0.25) is 0 Å². The third-order valence-electron chi connectivity index (χ3n) is 2.93. The highest BCUT2D eigenvalue weighted by Crippen LogP contribution is 2.28. The van der Waals surface area contributed by atoms with Gasteiger partial charge in [0.1, 0.15) is 5.75 Å². The molecular formula is C17H17Br2NO2. The summed E-state index contributed by atoms with van der Waals surface area (Å²) in [5, 5.41) is 2.89. The van der Waals surface area contributed by atoms with E-state index in [4.69, 9.17) is 4.74 Å². The van der Waals surface area contributed by atoms with Crippen LogP contribution in [0.4, 0.5) is 5.69 Å². The van der Waals surface area contributed by atoms with Gasteiger partial charge in [0.05, 0.1) is 16.3 Å². The average Bonchev–Trinajstić information content (AvgIpc) is 2.43. The van der Waals surface area contributed by atoms with E-state index in [9.17, 15) is 4.79 Å². The van der Waals surface area contributed by atoms with E-state index in [-0.39, 0.29) is 12.0 Å². The molecule has 2 rings (SSSR count). The number of rotatable bonds is 4. The monoisotopic (exact) mass is 425 g/mol. The summed E-state index contributed by atoms with van der Waals surface area (Å²) in [7, 11) is 0. The number of carbonyl (C=O) groups excluding carboxylic acids is 1. The van der Waals surface area contributed by atoms with E-state index in [0.29, 0.717) is 5.56 Å². The maximum absolute atomic E-state index is 12.3. The van der Waals surface area contributed by atoms with Gasteiger partial charge in [-0.3, -0.25) is 4.79 Å². The van der Waals surface area contributed by atoms with E-state index in [1.807, 2.05) is 39.0 Å². The lowest BCUT2D eigenvalue weighted by Crippen LogP contribution is -2.13. The standard InChI is InChI=1S/C17H17Br2NO2/c1-10(2)22-16-7-5-12(9-14(16)19)17(21)20-15-6-4-11(3)8-13(15)18/h4-10H,1-3H3,(H,20,21). The average molecular weight is 427 g/mol. The maximum Gasteiger partial charge on any atom is 0.255 e. The molecule has 0 aromatic heterocycles. The summed E-state index contributed by atoms with van der Waals surface area (Å²) in [6, 6.07) is 11.1. The first-order valence-electron chi connectivity index (χ1n) is 6.90. The fraction of sp³-hybridized carbons (Fsp3) is 0.235. The van der Waals surface area contributed by atoms with Gasteiger partial charge in [-0.2, -0.15) is 0 Å². The fourth-order valence-electron chi connectivity index (χ4n) is 1.91. The molecule has 0 heterocycles. The minimum Gasteiger partial charge on any atom is -0.490 e. The first-order chi connectivity index (χ1) is 10.4. The lowest BCUT2D eigenvalue weighted by molar-refractivity contribution is 0.102. The van der Waals surface area contributed by atoms with E-state index in [1.165, 1.54) is 0 Å². The topological polar surface area (TPSA) is 38.3 Å². The highest BCUT2D eigenvalue weighted by Gasteiger charge is 2.11. The number of ether oxygens (including phenoxy) is 1. The first-order valence-corrected chi connectivity index (χ1v) is 8.49. The number of benzene rings is 2. The number of hydrogen-bond donors (Lipinski definition) is 1. The van der Waals surface area contributed by atoms with Crippen molar-refractivity contribution < 1.29 is 9.53 Å². The van der Waals surface area contributed by atoms with Gasteiger partial charge >= 0.3 is 0 Å². The SMILES string of the molecule is Cc1ccc(NC(=O)c2ccc(OC(C)C)c(Br)c2)c(Br)c1. The Labute approximate surface area is 147 Å². The molecule has 1 amide bonds. The van der Waals surface area contributed by atoms with Crippen molar-refractivity contribution in [3.63, 3.8) is 0 Å². The van der Waals surface area contributed by atoms with E-state index < -0.39 is 0 Å². The molecule has 2 aromatic carbocycles. The van der Waals surface area contributed by atoms with Gasteiger partial charge in [-0.25, -0.2) is 0 Å². The van der Waals surface area contributed by atoms with Gasteiger partial charge in [-0.1, -0.05) is 6.07 Å². The normalized spacial score (nSPS) is 10.6. The predicted octanol–water partition coefficient (Wildman–Crippen LogP) is 5.56. The van der Waals surface area contributed by atoms with Crippen molar-refractivity contribution in [1.82, 2.24) is 0 Å². The van der Waals surface area contributed by atoms with E-state index in [2.05, 4.69) is 37.2 Å². The van der Waals surface area contributed by atoms with Crippen molar-refractivity contribution in [1.29, 1.82) is 0 Å². The van der Waals surface area contributed by atoms with Crippen LogP contribution in [0, 0.1) is 6.92 Å². The minimum absolute atomic E-state index is 0.0829. The van der Waals surface area contributed by atoms with Crippen molar-refractivity contribution >= 4 is 43.5 Å². The van der Waals surface area contributed by atoms with Crippen LogP contribution in [0.5, 0.6) is 5.75 Å². The van der Waals surface area contributed by atoms with Crippen LogP contribution in [-0.4, -0.2) is 12.0 Å². The molecular weight excluding hydrogens is 410 g/mol. The van der Waals surface area contributed by atoms with E-state index >= 15 is 0 Å². The highest BCUT2D eigenvalue weighted by atomic mass is 79.9. The first kappa shape index (κ1) is 17.0. The van der Waals surface area contributed by atoms with Crippen molar-refractivity contribution in [2.24, 2.45) is 0 Å². The Kier molecular flexibility index (Phi) is 5.64. The molecule has 3 nitrogen and oxygen atoms in total. The summed E-state index contributed by atoms with van der Waals surface area (Å²) in [4.78, 5) is 12.3. The largest absolute Gasteiger partial charge is 0.490 e. The molecule has 116 valence electrons. The van der Waals surface area contributed by atoms with Crippen molar-refractivity contribution in [3.05, 3.63) is 56.5 Å². The summed E-state index contributed by atoms with van der Waals surface area (Å²) in [5.41, 5.74) is 2.44. The maximum atomic E-state index is 12.3. The molecule has 0 fully saturated rings. The van der Waals surface area contributed by atoms with Crippen LogP contribution in [0.15, 0.2) is 45.3 Å². The molecule has 0 spiro atoms. The number of hydrogen-bond acceptors (Lipinski definition) is 2. The summed E-state index contributed by atoms with van der Waals surface area (Å²) < 4.78 is 7.27. The Balaban J connectivity index is 2.17. The fourth-order valence-corrected chi connectivity index (χ4v) is 2.97. The Bertz CT molecular complexity index is 699. The van der Waals surface area contributed by atoms with Gasteiger partial charge in [-0.15, -0.1) is 0 Å². The van der Waals surface area contributed by atoms with Gasteiger partial charge in [0, 0.05) is 10.0 Å². The second-order valence-corrected chi connectivity index (χ2v) is 6.96. The number of nitrogens with one attached hydrogen (secondary N) is 1. The van der Waals surface area contributed by atoms with Gasteiger partial charge in [0.2, 0.25) is 0 Å². The second-order valence-electron chi connectivity index (χ2n) is 5.25. The molecule has 0 aliphatic carbocycles. The Morgan fingerprint density at radius 1 is 1.09 bits per heavy atom. The quantitative estimate of drug-likeness (QED) is 0.694. The van der Waals surface area contributed by atoms with Crippen LogP contribution in [0.3, 0.4) is 0 Å². The number of halogens is 2. The Morgan fingerprint density at radius 3 is 2.41 bits per heavy atom. The molecule has 22 heavy (non-hydrogen) atoms. The van der Waals surface area contributed by atoms with Crippen molar-refractivity contribution in [2.45, 2.75) is 26.9 Å². The smallest absolute Gasteiger partial charge is 0.255 e. The third kappa shape index (κ3) is 4.34. The van der Waals surface area contributed by atoms with Crippen LogP contribution >= 0.6 is 31.9 Å². The summed E-state index contributed by atoms with van der Waals surface area (Å²) in [6.45, 7) is 5.92. The van der Waals surface area contributed by atoms with Crippen molar-refractivity contribution in [2.75, 3.05) is 5.32 Å². The third-order valence-corrected chi connectivity index (χ3v) is 4.21. The Morgan fingerprint density at radius 2 is 1.82 bits per heavy atom. The summed E-state index contributed by atoms with van der Waals surface area (Å²) in [5.74, 6) is 0.560. The molecule has 0 aliphatic rings. The summed E-state index contributed by atoms with van der Waals surface area (Å²) in [6.07, 6.45) is 0.0829. The molecule has 0 aliphatic heterocycles. The van der Waals surface area contributed by atoms with Gasteiger partial charge in [0.15, 0.2) is 0 Å². The van der Waals surface area contributed by atoms with Gasteiger partial charge in [-0.05, 0) is 88.5 Å². The van der Waals surface area contributed by atoms with Crippen LogP contribution in [-0.2, 0) is 0 Å². The molecule has 5 heteroatoms. The number of amides is 1. The van der Waals surface area contributed by atoms with E-state index in [1.54, 1.807) is 18.2 Å². The minimum atomic E-state index is -0.165. The number of anilines is 1. The highest BCUT2D eigenvalue weighted by molar-refractivity contribution is 9.11. The molecule has 1 N–H and O–H groups in total. The lowest BCUT2D eigenvalue weighted by Gasteiger charge is -2.13. The van der Waals surface area contributed by atoms with Gasteiger partial charge in [0.25, 0.3) is 5.91 Å². The molecule has 0 saturated heterocycles. The molecule has 0 atom stereocenters. The van der Waals surface area contributed by atoms with E-state index in [0.717, 1.165) is 25.9 Å². The molecule has 0 saturated carbocycles. The molecule has 0 unspecified atom stereocenters. The van der Waals surface area contributed by atoms with Crippen LogP contribution in [0.1, 0.15) is 29.8 Å².